The highest BCUT2D eigenvalue weighted by Gasteiger charge is 2.31. The Bertz CT molecular complexity index is 385. The molecule has 0 unspecified atom stereocenters. The highest BCUT2D eigenvalue weighted by molar-refractivity contribution is 6.30. The lowest BCUT2D eigenvalue weighted by atomic mass is 10.1. The van der Waals surface area contributed by atoms with Gasteiger partial charge in [0.05, 0.1) is 5.02 Å². The van der Waals surface area contributed by atoms with Gasteiger partial charge in [0.1, 0.15) is 5.82 Å². The van der Waals surface area contributed by atoms with Crippen molar-refractivity contribution in [2.45, 2.75) is 19.3 Å². The van der Waals surface area contributed by atoms with Gasteiger partial charge < -0.3 is 0 Å². The molecule has 0 aliphatic heterocycles. The van der Waals surface area contributed by atoms with E-state index in [-0.39, 0.29) is 10.6 Å². The summed E-state index contributed by atoms with van der Waals surface area (Å²) in [6.07, 6.45) is -0.502. The predicted octanol–water partition coefficient (Wildman–Crippen LogP) is 3.25. The van der Waals surface area contributed by atoms with Crippen LogP contribution < -0.4 is 0 Å². The van der Waals surface area contributed by atoms with Gasteiger partial charge in [-0.1, -0.05) is 17.7 Å². The smallest absolute Gasteiger partial charge is 0.293 e. The van der Waals surface area contributed by atoms with Crippen LogP contribution in [0, 0.1) is 5.82 Å². The van der Waals surface area contributed by atoms with Crippen molar-refractivity contribution in [2.75, 3.05) is 0 Å². The molecular formula is C10H8ClF3O. The minimum Gasteiger partial charge on any atom is -0.293 e. The van der Waals surface area contributed by atoms with Crippen molar-refractivity contribution in [1.29, 1.82) is 0 Å². The minimum atomic E-state index is -3.39. The third-order valence-corrected chi connectivity index (χ3v) is 2.14. The Morgan fingerprint density at radius 2 is 2.07 bits per heavy atom. The van der Waals surface area contributed by atoms with Crippen LogP contribution in [0.4, 0.5) is 13.2 Å². The van der Waals surface area contributed by atoms with Gasteiger partial charge in [0.2, 0.25) is 5.78 Å². The number of carbonyl (C=O) groups is 1. The fraction of sp³-hybridized carbons (Fsp3) is 0.300. The molecule has 1 aromatic rings. The van der Waals surface area contributed by atoms with Gasteiger partial charge in [0.25, 0.3) is 0 Å². The van der Waals surface area contributed by atoms with Gasteiger partial charge in [-0.05, 0) is 17.7 Å². The summed E-state index contributed by atoms with van der Waals surface area (Å²) in [5, 5.41) is -0.102. The number of benzene rings is 1. The third kappa shape index (κ3) is 3.23. The molecule has 0 N–H and O–H groups in total. The molecule has 0 aromatic heterocycles. The highest BCUT2D eigenvalue weighted by atomic mass is 35.5. The van der Waals surface area contributed by atoms with E-state index in [9.17, 15) is 18.0 Å². The van der Waals surface area contributed by atoms with E-state index < -0.39 is 23.9 Å². The zero-order chi connectivity index (χ0) is 11.6. The monoisotopic (exact) mass is 236 g/mol. The van der Waals surface area contributed by atoms with E-state index in [2.05, 4.69) is 0 Å². The van der Waals surface area contributed by atoms with Crippen LogP contribution >= 0.6 is 11.6 Å². The molecule has 0 atom stereocenters. The van der Waals surface area contributed by atoms with Gasteiger partial charge in [-0.25, -0.2) is 4.39 Å². The van der Waals surface area contributed by atoms with Crippen molar-refractivity contribution in [3.05, 3.63) is 34.6 Å². The number of Topliss-reactive ketones (excluding diaryl/α,β-unsaturated/α-hetero) is 1. The number of hydrogen-bond donors (Lipinski definition) is 0. The number of carbonyl (C=O) groups excluding carboxylic acids is 1. The number of rotatable bonds is 3. The second-order valence-electron chi connectivity index (χ2n) is 3.24. The first-order chi connectivity index (χ1) is 6.80. The van der Waals surface area contributed by atoms with E-state index in [1.807, 2.05) is 0 Å². The Morgan fingerprint density at radius 1 is 1.47 bits per heavy atom. The van der Waals surface area contributed by atoms with E-state index in [4.69, 9.17) is 11.6 Å². The zero-order valence-electron chi connectivity index (χ0n) is 7.86. The van der Waals surface area contributed by atoms with Crippen LogP contribution in [0.5, 0.6) is 0 Å². The first-order valence-electron chi connectivity index (χ1n) is 4.16. The van der Waals surface area contributed by atoms with E-state index in [1.165, 1.54) is 12.1 Å². The highest BCUT2D eigenvalue weighted by Crippen LogP contribution is 2.19. The summed E-state index contributed by atoms with van der Waals surface area (Å²) in [4.78, 5) is 10.9. The molecule has 1 rings (SSSR count). The molecule has 15 heavy (non-hydrogen) atoms. The fourth-order valence-electron chi connectivity index (χ4n) is 0.990. The van der Waals surface area contributed by atoms with Crippen molar-refractivity contribution in [1.82, 2.24) is 0 Å². The predicted molar refractivity (Wildman–Crippen MR) is 50.7 cm³/mol. The van der Waals surface area contributed by atoms with Gasteiger partial charge >= 0.3 is 5.92 Å². The van der Waals surface area contributed by atoms with E-state index in [1.54, 1.807) is 0 Å². The lowest BCUT2D eigenvalue weighted by Crippen LogP contribution is -2.26. The van der Waals surface area contributed by atoms with Crippen molar-refractivity contribution in [3.63, 3.8) is 0 Å². The topological polar surface area (TPSA) is 17.1 Å². The Labute approximate surface area is 89.9 Å². The maximum Gasteiger partial charge on any atom is 0.302 e. The SMILES string of the molecule is CC(F)(F)C(=O)Cc1ccc(Cl)c(F)c1. The quantitative estimate of drug-likeness (QED) is 0.787. The zero-order valence-corrected chi connectivity index (χ0v) is 8.62. The van der Waals surface area contributed by atoms with Crippen molar-refractivity contribution < 1.29 is 18.0 Å². The van der Waals surface area contributed by atoms with Gasteiger partial charge in [0.15, 0.2) is 0 Å². The maximum absolute atomic E-state index is 12.9. The van der Waals surface area contributed by atoms with Gasteiger partial charge in [-0.15, -0.1) is 0 Å². The summed E-state index contributed by atoms with van der Waals surface area (Å²) < 4.78 is 37.9. The van der Waals surface area contributed by atoms with Crippen LogP contribution in [0.1, 0.15) is 12.5 Å². The second kappa shape index (κ2) is 4.23. The maximum atomic E-state index is 12.9. The Kier molecular flexibility index (Phi) is 3.39. The number of hydrogen-bond acceptors (Lipinski definition) is 1. The van der Waals surface area contributed by atoms with Gasteiger partial charge in [-0.3, -0.25) is 4.79 Å². The number of ketones is 1. The third-order valence-electron chi connectivity index (χ3n) is 1.84. The molecule has 0 spiro atoms. The fourth-order valence-corrected chi connectivity index (χ4v) is 1.11. The molecule has 0 fully saturated rings. The summed E-state index contributed by atoms with van der Waals surface area (Å²) in [7, 11) is 0. The van der Waals surface area contributed by atoms with Crippen LogP contribution in [0.25, 0.3) is 0 Å². The molecular weight excluding hydrogens is 229 g/mol. The average Bonchev–Trinajstić information content (AvgIpc) is 2.10. The van der Waals surface area contributed by atoms with Crippen molar-refractivity contribution in [2.24, 2.45) is 0 Å². The summed E-state index contributed by atoms with van der Waals surface area (Å²) in [5.41, 5.74) is 0.184. The molecule has 0 amide bonds. The molecule has 0 heterocycles. The van der Waals surface area contributed by atoms with Crippen LogP contribution in [0.3, 0.4) is 0 Å². The largest absolute Gasteiger partial charge is 0.302 e. The van der Waals surface area contributed by atoms with E-state index >= 15 is 0 Å². The lowest BCUT2D eigenvalue weighted by Gasteiger charge is -2.08. The molecule has 0 aliphatic rings. The Hall–Kier alpha value is -1.03. The first kappa shape index (κ1) is 12.0. The molecule has 0 radical (unpaired) electrons. The summed E-state index contributed by atoms with van der Waals surface area (Å²) in [5.74, 6) is -5.36. The Morgan fingerprint density at radius 3 is 2.53 bits per heavy atom. The minimum absolute atomic E-state index is 0.102. The van der Waals surface area contributed by atoms with Crippen LogP contribution in [-0.4, -0.2) is 11.7 Å². The summed E-state index contributed by atoms with van der Waals surface area (Å²) >= 11 is 5.40. The molecule has 0 saturated heterocycles. The molecule has 0 aliphatic carbocycles. The van der Waals surface area contributed by atoms with Crippen LogP contribution in [0.15, 0.2) is 18.2 Å². The number of alkyl halides is 2. The average molecular weight is 237 g/mol. The number of halogens is 4. The van der Waals surface area contributed by atoms with Crippen molar-refractivity contribution >= 4 is 17.4 Å². The van der Waals surface area contributed by atoms with Gasteiger partial charge in [-0.2, -0.15) is 8.78 Å². The molecule has 5 heteroatoms. The standard InChI is InChI=1S/C10H8ClF3O/c1-10(13,14)9(15)5-6-2-3-7(11)8(12)4-6/h2-4H,5H2,1H3. The molecule has 82 valence electrons. The second-order valence-corrected chi connectivity index (χ2v) is 3.64. The molecule has 1 aromatic carbocycles. The van der Waals surface area contributed by atoms with Gasteiger partial charge in [0, 0.05) is 13.3 Å². The first-order valence-corrected chi connectivity index (χ1v) is 4.53. The summed E-state index contributed by atoms with van der Waals surface area (Å²) in [6.45, 7) is 0.515. The van der Waals surface area contributed by atoms with Crippen LogP contribution in [-0.2, 0) is 11.2 Å². The van der Waals surface area contributed by atoms with Crippen LogP contribution in [0.2, 0.25) is 5.02 Å². The van der Waals surface area contributed by atoms with E-state index in [0.717, 1.165) is 6.07 Å². The Balaban J connectivity index is 2.83. The van der Waals surface area contributed by atoms with E-state index in [0.29, 0.717) is 6.92 Å². The normalized spacial score (nSPS) is 11.5. The summed E-state index contributed by atoms with van der Waals surface area (Å²) in [6, 6.07) is 3.55. The lowest BCUT2D eigenvalue weighted by molar-refractivity contribution is -0.139. The molecule has 0 saturated carbocycles. The molecule has 0 bridgehead atoms. The van der Waals surface area contributed by atoms with Crippen molar-refractivity contribution in [3.8, 4) is 0 Å². The molecule has 1 nitrogen and oxygen atoms in total.